The Labute approximate surface area is 113 Å². The number of hydrogen-bond acceptors (Lipinski definition) is 3. The molecule has 2 unspecified atom stereocenters. The van der Waals surface area contributed by atoms with E-state index in [2.05, 4.69) is 17.2 Å². The molecular formula is C15H18N2O2. The fourth-order valence-corrected chi connectivity index (χ4v) is 2.70. The maximum Gasteiger partial charge on any atom is 0.248 e. The van der Waals surface area contributed by atoms with E-state index in [-0.39, 0.29) is 17.9 Å². The minimum Gasteiger partial charge on any atom is -0.381 e. The summed E-state index contributed by atoms with van der Waals surface area (Å²) in [7, 11) is 0. The Morgan fingerprint density at radius 1 is 1.32 bits per heavy atom. The third-order valence-electron chi connectivity index (χ3n) is 3.75. The number of carbonyl (C=O) groups excluding carboxylic acids is 1. The van der Waals surface area contributed by atoms with Crippen LogP contribution in [0.4, 0.5) is 0 Å². The Hall–Kier alpha value is -1.68. The van der Waals surface area contributed by atoms with Crippen molar-refractivity contribution in [2.75, 3.05) is 13.2 Å². The Bertz CT molecular complexity index is 466. The number of benzene rings is 1. The molecule has 2 aliphatic heterocycles. The summed E-state index contributed by atoms with van der Waals surface area (Å²) < 4.78 is 5.40. The lowest BCUT2D eigenvalue weighted by atomic mass is 9.99. The SMILES string of the molecule is O=C(C1CCCOC1)N1N=CCC1c1ccccc1. The first-order valence-corrected chi connectivity index (χ1v) is 6.84. The van der Waals surface area contributed by atoms with Gasteiger partial charge in [-0.25, -0.2) is 5.01 Å². The van der Waals surface area contributed by atoms with Crippen molar-refractivity contribution in [3.05, 3.63) is 35.9 Å². The minimum absolute atomic E-state index is 0.0322. The zero-order valence-electron chi connectivity index (χ0n) is 10.9. The molecule has 0 N–H and O–H groups in total. The Morgan fingerprint density at radius 2 is 2.16 bits per heavy atom. The number of hydrogen-bond donors (Lipinski definition) is 0. The molecule has 2 aliphatic rings. The fourth-order valence-electron chi connectivity index (χ4n) is 2.70. The van der Waals surface area contributed by atoms with Crippen LogP contribution in [0.25, 0.3) is 0 Å². The summed E-state index contributed by atoms with van der Waals surface area (Å²) in [4.78, 5) is 12.5. The van der Waals surface area contributed by atoms with Gasteiger partial charge in [0.15, 0.2) is 0 Å². The molecule has 4 heteroatoms. The first-order valence-electron chi connectivity index (χ1n) is 6.84. The topological polar surface area (TPSA) is 41.9 Å². The van der Waals surface area contributed by atoms with Gasteiger partial charge in [0.25, 0.3) is 0 Å². The Kier molecular flexibility index (Phi) is 3.60. The smallest absolute Gasteiger partial charge is 0.248 e. The van der Waals surface area contributed by atoms with Gasteiger partial charge in [0, 0.05) is 19.2 Å². The van der Waals surface area contributed by atoms with Gasteiger partial charge in [-0.3, -0.25) is 4.79 Å². The van der Waals surface area contributed by atoms with E-state index in [1.165, 1.54) is 0 Å². The second-order valence-corrected chi connectivity index (χ2v) is 5.06. The standard InChI is InChI=1S/C15H18N2O2/c18-15(13-7-4-10-19-11-13)17-14(8-9-16-17)12-5-2-1-3-6-12/h1-3,5-6,9,13-14H,4,7-8,10-11H2. The average Bonchev–Trinajstić information content (AvgIpc) is 2.98. The number of ether oxygens (including phenoxy) is 1. The van der Waals surface area contributed by atoms with Crippen LogP contribution >= 0.6 is 0 Å². The van der Waals surface area contributed by atoms with Crippen LogP contribution in [-0.4, -0.2) is 30.3 Å². The lowest BCUT2D eigenvalue weighted by Gasteiger charge is -2.28. The van der Waals surface area contributed by atoms with Crippen LogP contribution in [0.3, 0.4) is 0 Å². The van der Waals surface area contributed by atoms with Crippen molar-refractivity contribution in [2.45, 2.75) is 25.3 Å². The second kappa shape index (κ2) is 5.53. The van der Waals surface area contributed by atoms with Crippen molar-refractivity contribution in [2.24, 2.45) is 11.0 Å². The largest absolute Gasteiger partial charge is 0.381 e. The number of carbonyl (C=O) groups is 1. The van der Waals surface area contributed by atoms with E-state index in [1.807, 2.05) is 24.4 Å². The van der Waals surface area contributed by atoms with Gasteiger partial charge in [-0.05, 0) is 18.4 Å². The van der Waals surface area contributed by atoms with Gasteiger partial charge in [0.1, 0.15) is 0 Å². The summed E-state index contributed by atoms with van der Waals surface area (Å²) in [5.74, 6) is 0.0671. The quantitative estimate of drug-likeness (QED) is 0.817. The maximum atomic E-state index is 12.5. The van der Waals surface area contributed by atoms with Crippen LogP contribution < -0.4 is 0 Å². The van der Waals surface area contributed by atoms with Crippen molar-refractivity contribution in [3.8, 4) is 0 Å². The zero-order valence-corrected chi connectivity index (χ0v) is 10.9. The number of hydrazone groups is 1. The second-order valence-electron chi connectivity index (χ2n) is 5.06. The van der Waals surface area contributed by atoms with Crippen molar-refractivity contribution in [1.29, 1.82) is 0 Å². The molecule has 100 valence electrons. The highest BCUT2D eigenvalue weighted by Crippen LogP contribution is 2.30. The van der Waals surface area contributed by atoms with E-state index >= 15 is 0 Å². The molecule has 3 rings (SSSR count). The molecule has 0 bridgehead atoms. The molecular weight excluding hydrogens is 240 g/mol. The molecule has 1 aromatic rings. The molecule has 0 aliphatic carbocycles. The molecule has 1 fully saturated rings. The highest BCUT2D eigenvalue weighted by atomic mass is 16.5. The number of rotatable bonds is 2. The molecule has 2 atom stereocenters. The van der Waals surface area contributed by atoms with Crippen molar-refractivity contribution in [1.82, 2.24) is 5.01 Å². The summed E-state index contributed by atoms with van der Waals surface area (Å²) >= 11 is 0. The Morgan fingerprint density at radius 3 is 2.89 bits per heavy atom. The van der Waals surface area contributed by atoms with Crippen LogP contribution in [-0.2, 0) is 9.53 Å². The van der Waals surface area contributed by atoms with Gasteiger partial charge in [0.05, 0.1) is 18.6 Å². The van der Waals surface area contributed by atoms with E-state index in [1.54, 1.807) is 5.01 Å². The molecule has 0 radical (unpaired) electrons. The number of nitrogens with zero attached hydrogens (tertiary/aromatic N) is 2. The molecule has 19 heavy (non-hydrogen) atoms. The van der Waals surface area contributed by atoms with Gasteiger partial charge in [-0.1, -0.05) is 30.3 Å². The summed E-state index contributed by atoms with van der Waals surface area (Å²) in [6, 6.07) is 10.1. The average molecular weight is 258 g/mol. The molecule has 0 saturated carbocycles. The molecule has 2 heterocycles. The molecule has 1 aromatic carbocycles. The fraction of sp³-hybridized carbons (Fsp3) is 0.467. The van der Waals surface area contributed by atoms with E-state index < -0.39 is 0 Å². The summed E-state index contributed by atoms with van der Waals surface area (Å²) in [5.41, 5.74) is 1.14. The van der Waals surface area contributed by atoms with Crippen molar-refractivity contribution in [3.63, 3.8) is 0 Å². The molecule has 1 saturated heterocycles. The minimum atomic E-state index is -0.0322. The number of amides is 1. The monoisotopic (exact) mass is 258 g/mol. The van der Waals surface area contributed by atoms with Crippen molar-refractivity contribution < 1.29 is 9.53 Å². The molecule has 0 spiro atoms. The molecule has 4 nitrogen and oxygen atoms in total. The van der Waals surface area contributed by atoms with Crippen LogP contribution in [0.1, 0.15) is 30.9 Å². The highest BCUT2D eigenvalue weighted by Gasteiger charge is 2.33. The van der Waals surface area contributed by atoms with Gasteiger partial charge < -0.3 is 4.74 Å². The highest BCUT2D eigenvalue weighted by molar-refractivity contribution is 5.82. The van der Waals surface area contributed by atoms with E-state index in [4.69, 9.17) is 4.74 Å². The lowest BCUT2D eigenvalue weighted by Crippen LogP contribution is -2.36. The normalized spacial score (nSPS) is 26.6. The predicted octanol–water partition coefficient (Wildman–Crippen LogP) is 2.37. The molecule has 0 aromatic heterocycles. The van der Waals surface area contributed by atoms with Crippen LogP contribution in [0, 0.1) is 5.92 Å². The summed E-state index contributed by atoms with van der Waals surface area (Å²) in [6.45, 7) is 1.31. The van der Waals surface area contributed by atoms with E-state index in [9.17, 15) is 4.79 Å². The maximum absolute atomic E-state index is 12.5. The van der Waals surface area contributed by atoms with Gasteiger partial charge >= 0.3 is 0 Å². The molecule has 1 amide bonds. The van der Waals surface area contributed by atoms with Crippen LogP contribution in [0.5, 0.6) is 0 Å². The first-order chi connectivity index (χ1) is 9.36. The van der Waals surface area contributed by atoms with Gasteiger partial charge in [-0.2, -0.15) is 5.10 Å². The predicted molar refractivity (Wildman–Crippen MR) is 72.7 cm³/mol. The third kappa shape index (κ3) is 2.54. The zero-order chi connectivity index (χ0) is 13.1. The first kappa shape index (κ1) is 12.4. The van der Waals surface area contributed by atoms with E-state index in [0.717, 1.165) is 31.4 Å². The Balaban J connectivity index is 1.75. The third-order valence-corrected chi connectivity index (χ3v) is 3.75. The van der Waals surface area contributed by atoms with E-state index in [0.29, 0.717) is 6.61 Å². The van der Waals surface area contributed by atoms with Crippen molar-refractivity contribution >= 4 is 12.1 Å². The van der Waals surface area contributed by atoms with Crippen LogP contribution in [0.15, 0.2) is 35.4 Å². The van der Waals surface area contributed by atoms with Crippen LogP contribution in [0.2, 0.25) is 0 Å². The van der Waals surface area contributed by atoms with Gasteiger partial charge in [-0.15, -0.1) is 0 Å². The summed E-state index contributed by atoms with van der Waals surface area (Å²) in [6.07, 6.45) is 4.50. The van der Waals surface area contributed by atoms with Gasteiger partial charge in [0.2, 0.25) is 5.91 Å². The summed E-state index contributed by atoms with van der Waals surface area (Å²) in [5, 5.41) is 5.92. The lowest BCUT2D eigenvalue weighted by molar-refractivity contribution is -0.141.